The predicted molar refractivity (Wildman–Crippen MR) is 128 cm³/mol. The lowest BCUT2D eigenvalue weighted by Crippen LogP contribution is -2.39. The van der Waals surface area contributed by atoms with E-state index >= 15 is 0 Å². The first kappa shape index (κ1) is 22.6. The summed E-state index contributed by atoms with van der Waals surface area (Å²) in [7, 11) is 0. The molecule has 1 aliphatic carbocycles. The number of carbonyl (C=O) groups is 1. The molecule has 174 valence electrons. The van der Waals surface area contributed by atoms with Crippen molar-refractivity contribution in [2.75, 3.05) is 13.1 Å². The molecule has 34 heavy (non-hydrogen) atoms. The number of nitrogens with two attached hydrogens (primary N) is 1. The Morgan fingerprint density at radius 3 is 2.68 bits per heavy atom. The number of halogens is 2. The molecule has 1 aromatic heterocycles. The molecule has 1 atom stereocenters. The predicted octanol–water partition coefficient (Wildman–Crippen LogP) is 5.03. The van der Waals surface area contributed by atoms with Crippen molar-refractivity contribution in [1.29, 1.82) is 5.26 Å². The van der Waals surface area contributed by atoms with Crippen LogP contribution in [0.2, 0.25) is 5.02 Å². The van der Waals surface area contributed by atoms with Crippen LogP contribution in [-0.2, 0) is 0 Å². The molecule has 0 unspecified atom stereocenters. The molecule has 5 rings (SSSR count). The Hall–Kier alpha value is -3.21. The second-order valence-corrected chi connectivity index (χ2v) is 9.53. The van der Waals surface area contributed by atoms with E-state index in [0.29, 0.717) is 41.0 Å². The second kappa shape index (κ2) is 9.21. The largest absolute Gasteiger partial charge is 0.336 e. The molecule has 1 amide bonds. The third kappa shape index (κ3) is 4.44. The average Bonchev–Trinajstić information content (AvgIpc) is 3.62. The summed E-state index contributed by atoms with van der Waals surface area (Å²) in [6, 6.07) is 13.7. The van der Waals surface area contributed by atoms with Gasteiger partial charge in [-0.25, -0.2) is 9.07 Å². The molecule has 2 fully saturated rings. The lowest BCUT2D eigenvalue weighted by molar-refractivity contribution is 0.0748. The Labute approximate surface area is 202 Å². The number of hydrogen-bond donors (Lipinski definition) is 1. The zero-order valence-electron chi connectivity index (χ0n) is 18.7. The van der Waals surface area contributed by atoms with E-state index in [1.165, 1.54) is 17.7 Å². The molecular weight excluding hydrogens is 453 g/mol. The maximum atomic E-state index is 14.5. The molecule has 0 radical (unpaired) electrons. The maximum absolute atomic E-state index is 14.5. The van der Waals surface area contributed by atoms with Crippen LogP contribution in [0, 0.1) is 17.1 Å². The van der Waals surface area contributed by atoms with Crippen LogP contribution in [0.25, 0.3) is 16.9 Å². The first-order chi connectivity index (χ1) is 16.4. The standard InChI is InChI=1S/C26H25ClFN5O/c27-21-11-17(16-4-5-16)8-9-24(21)33-25(18-6-7-19(14-29)22(28)12-18)13-23(31-33)26(34)32-10-2-1-3-20(30)15-32/h6-9,11-13,16,20H,1-5,10,15,30H2/t20-/m1/s1. The summed E-state index contributed by atoms with van der Waals surface area (Å²) in [6.07, 6.45) is 5.07. The van der Waals surface area contributed by atoms with Crippen LogP contribution in [0.15, 0.2) is 42.5 Å². The highest BCUT2D eigenvalue weighted by molar-refractivity contribution is 6.32. The smallest absolute Gasteiger partial charge is 0.274 e. The molecule has 0 bridgehead atoms. The average molecular weight is 478 g/mol. The second-order valence-electron chi connectivity index (χ2n) is 9.13. The summed E-state index contributed by atoms with van der Waals surface area (Å²) in [5.41, 5.74) is 9.17. The van der Waals surface area contributed by atoms with Gasteiger partial charge in [-0.15, -0.1) is 0 Å². The first-order valence-corrected chi connectivity index (χ1v) is 12.0. The van der Waals surface area contributed by atoms with Crippen LogP contribution in [0.5, 0.6) is 0 Å². The van der Waals surface area contributed by atoms with Gasteiger partial charge in [0.05, 0.1) is 22.0 Å². The lowest BCUT2D eigenvalue weighted by Gasteiger charge is -2.21. The van der Waals surface area contributed by atoms with E-state index in [2.05, 4.69) is 5.10 Å². The van der Waals surface area contributed by atoms with E-state index in [1.807, 2.05) is 24.3 Å². The van der Waals surface area contributed by atoms with Gasteiger partial charge in [-0.2, -0.15) is 10.4 Å². The molecule has 1 aliphatic heterocycles. The van der Waals surface area contributed by atoms with E-state index in [0.717, 1.165) is 32.1 Å². The van der Waals surface area contributed by atoms with Crippen LogP contribution in [-0.4, -0.2) is 39.7 Å². The van der Waals surface area contributed by atoms with Crippen molar-refractivity contribution in [2.24, 2.45) is 5.73 Å². The molecular formula is C26H25ClFN5O. The summed E-state index contributed by atoms with van der Waals surface area (Å²) in [5.74, 6) is -0.299. The fourth-order valence-electron chi connectivity index (χ4n) is 4.53. The zero-order valence-corrected chi connectivity index (χ0v) is 19.4. The summed E-state index contributed by atoms with van der Waals surface area (Å²) in [6.45, 7) is 1.10. The highest BCUT2D eigenvalue weighted by atomic mass is 35.5. The summed E-state index contributed by atoms with van der Waals surface area (Å²) < 4.78 is 16.1. The molecule has 1 saturated heterocycles. The Bertz CT molecular complexity index is 1290. The molecule has 1 saturated carbocycles. The third-order valence-electron chi connectivity index (χ3n) is 6.56. The number of rotatable bonds is 4. The number of hydrogen-bond acceptors (Lipinski definition) is 4. The number of benzene rings is 2. The molecule has 2 aromatic carbocycles. The number of nitriles is 1. The summed E-state index contributed by atoms with van der Waals surface area (Å²) in [4.78, 5) is 15.1. The van der Waals surface area contributed by atoms with Gasteiger partial charge < -0.3 is 10.6 Å². The van der Waals surface area contributed by atoms with Crippen molar-refractivity contribution in [2.45, 2.75) is 44.1 Å². The van der Waals surface area contributed by atoms with Gasteiger partial charge in [0.2, 0.25) is 0 Å². The SMILES string of the molecule is N#Cc1ccc(-c2cc(C(=O)N3CCCC[C@@H](N)C3)nn2-c2ccc(C3CC3)cc2Cl)cc1F. The number of nitrogens with zero attached hydrogens (tertiary/aromatic N) is 4. The van der Waals surface area contributed by atoms with Gasteiger partial charge in [-0.1, -0.05) is 30.2 Å². The molecule has 2 N–H and O–H groups in total. The van der Waals surface area contributed by atoms with Crippen molar-refractivity contribution < 1.29 is 9.18 Å². The van der Waals surface area contributed by atoms with Crippen LogP contribution in [0.3, 0.4) is 0 Å². The van der Waals surface area contributed by atoms with Crippen molar-refractivity contribution in [3.63, 3.8) is 0 Å². The maximum Gasteiger partial charge on any atom is 0.274 e. The normalized spacial score (nSPS) is 18.4. The highest BCUT2D eigenvalue weighted by Crippen LogP contribution is 2.42. The summed E-state index contributed by atoms with van der Waals surface area (Å²) >= 11 is 6.66. The minimum Gasteiger partial charge on any atom is -0.336 e. The van der Waals surface area contributed by atoms with Gasteiger partial charge in [0.25, 0.3) is 5.91 Å². The fraction of sp³-hybridized carbons (Fsp3) is 0.346. The molecule has 3 aromatic rings. The Kier molecular flexibility index (Phi) is 6.11. The van der Waals surface area contributed by atoms with Crippen LogP contribution >= 0.6 is 11.6 Å². The zero-order chi connectivity index (χ0) is 23.8. The summed E-state index contributed by atoms with van der Waals surface area (Å²) in [5, 5.41) is 14.2. The number of aromatic nitrogens is 2. The van der Waals surface area contributed by atoms with Crippen molar-refractivity contribution >= 4 is 17.5 Å². The topological polar surface area (TPSA) is 87.9 Å². The van der Waals surface area contributed by atoms with E-state index in [4.69, 9.17) is 22.6 Å². The van der Waals surface area contributed by atoms with Crippen LogP contribution < -0.4 is 5.73 Å². The Balaban J connectivity index is 1.59. The fourth-order valence-corrected chi connectivity index (χ4v) is 4.80. The quantitative estimate of drug-likeness (QED) is 0.570. The monoisotopic (exact) mass is 477 g/mol. The minimum absolute atomic E-state index is 0.0449. The van der Waals surface area contributed by atoms with Crippen LogP contribution in [0.1, 0.15) is 59.6 Å². The van der Waals surface area contributed by atoms with Crippen LogP contribution in [0.4, 0.5) is 4.39 Å². The van der Waals surface area contributed by atoms with Gasteiger partial charge in [-0.05, 0) is 67.5 Å². The van der Waals surface area contributed by atoms with Gasteiger partial charge in [0.15, 0.2) is 5.69 Å². The first-order valence-electron chi connectivity index (χ1n) is 11.6. The van der Waals surface area contributed by atoms with E-state index in [-0.39, 0.29) is 23.2 Å². The minimum atomic E-state index is -0.630. The van der Waals surface area contributed by atoms with E-state index in [1.54, 1.807) is 21.7 Å². The van der Waals surface area contributed by atoms with Crippen molar-refractivity contribution in [3.05, 3.63) is 70.1 Å². The molecule has 8 heteroatoms. The van der Waals surface area contributed by atoms with Gasteiger partial charge >= 0.3 is 0 Å². The van der Waals surface area contributed by atoms with Crippen molar-refractivity contribution in [1.82, 2.24) is 14.7 Å². The van der Waals surface area contributed by atoms with E-state index in [9.17, 15) is 9.18 Å². The van der Waals surface area contributed by atoms with Crippen molar-refractivity contribution in [3.8, 4) is 23.0 Å². The number of likely N-dealkylation sites (tertiary alicyclic amines) is 1. The number of carbonyl (C=O) groups excluding carboxylic acids is 1. The van der Waals surface area contributed by atoms with E-state index < -0.39 is 5.82 Å². The third-order valence-corrected chi connectivity index (χ3v) is 6.86. The highest BCUT2D eigenvalue weighted by Gasteiger charge is 2.27. The molecule has 2 aliphatic rings. The Morgan fingerprint density at radius 2 is 1.97 bits per heavy atom. The molecule has 0 spiro atoms. The Morgan fingerprint density at radius 1 is 1.15 bits per heavy atom. The van der Waals surface area contributed by atoms with Gasteiger partial charge in [0.1, 0.15) is 11.9 Å². The van der Waals surface area contributed by atoms with Gasteiger partial charge in [-0.3, -0.25) is 4.79 Å². The molecule has 2 heterocycles. The van der Waals surface area contributed by atoms with Gasteiger partial charge in [0, 0.05) is 24.7 Å². The lowest BCUT2D eigenvalue weighted by atomic mass is 10.1. The molecule has 6 nitrogen and oxygen atoms in total. The number of amides is 1.